The van der Waals surface area contributed by atoms with Crippen LogP contribution in [0, 0.1) is 0 Å². The Bertz CT molecular complexity index is 1270. The Labute approximate surface area is 421 Å². The predicted octanol–water partition coefficient (Wildman–Crippen LogP) is 19.4. The maximum absolute atomic E-state index is 12.8. The fourth-order valence-electron chi connectivity index (χ4n) is 8.11. The number of carbonyl (C=O) groups excluding carboxylic acids is 3. The second kappa shape index (κ2) is 56.4. The molecule has 0 aliphatic rings. The highest BCUT2D eigenvalue weighted by Gasteiger charge is 2.19. The van der Waals surface area contributed by atoms with Gasteiger partial charge in [-0.25, -0.2) is 0 Å². The Morgan fingerprint density at radius 1 is 0.309 bits per heavy atom. The van der Waals surface area contributed by atoms with E-state index < -0.39 is 6.10 Å². The zero-order valence-electron chi connectivity index (χ0n) is 44.9. The molecule has 0 N–H and O–H groups in total. The number of esters is 3. The summed E-state index contributed by atoms with van der Waals surface area (Å²) < 4.78 is 16.7. The van der Waals surface area contributed by atoms with E-state index in [1.165, 1.54) is 141 Å². The summed E-state index contributed by atoms with van der Waals surface area (Å²) in [6.45, 7) is 6.45. The molecule has 68 heavy (non-hydrogen) atoms. The van der Waals surface area contributed by atoms with Crippen LogP contribution in [0.2, 0.25) is 0 Å². The van der Waals surface area contributed by atoms with E-state index in [2.05, 4.69) is 93.7 Å². The lowest BCUT2D eigenvalue weighted by atomic mass is 10.0. The van der Waals surface area contributed by atoms with Crippen molar-refractivity contribution in [3.05, 3.63) is 72.9 Å². The van der Waals surface area contributed by atoms with Gasteiger partial charge < -0.3 is 14.2 Å². The van der Waals surface area contributed by atoms with Crippen LogP contribution >= 0.6 is 0 Å². The van der Waals surface area contributed by atoms with Gasteiger partial charge in [-0.2, -0.15) is 0 Å². The Kier molecular flexibility index (Phi) is 53.8. The first-order chi connectivity index (χ1) is 33.5. The summed E-state index contributed by atoms with van der Waals surface area (Å²) in [6.07, 6.45) is 72.3. The summed E-state index contributed by atoms with van der Waals surface area (Å²) in [5, 5.41) is 0. The third kappa shape index (κ3) is 53.8. The van der Waals surface area contributed by atoms with Crippen LogP contribution in [0.4, 0.5) is 0 Å². The molecule has 0 radical (unpaired) electrons. The van der Waals surface area contributed by atoms with E-state index in [0.717, 1.165) is 103 Å². The smallest absolute Gasteiger partial charge is 0.306 e. The zero-order chi connectivity index (χ0) is 49.3. The molecule has 0 spiro atoms. The van der Waals surface area contributed by atoms with Crippen molar-refractivity contribution in [1.82, 2.24) is 0 Å². The van der Waals surface area contributed by atoms with E-state index >= 15 is 0 Å². The Morgan fingerprint density at radius 3 is 0.912 bits per heavy atom. The highest BCUT2D eigenvalue weighted by molar-refractivity contribution is 5.71. The van der Waals surface area contributed by atoms with Crippen LogP contribution in [0.3, 0.4) is 0 Å². The van der Waals surface area contributed by atoms with Crippen molar-refractivity contribution in [2.45, 2.75) is 290 Å². The Balaban J connectivity index is 4.03. The Morgan fingerprint density at radius 2 is 0.574 bits per heavy atom. The topological polar surface area (TPSA) is 78.9 Å². The minimum Gasteiger partial charge on any atom is -0.462 e. The van der Waals surface area contributed by atoms with Crippen molar-refractivity contribution in [3.8, 4) is 0 Å². The van der Waals surface area contributed by atoms with E-state index in [1.54, 1.807) is 0 Å². The minimum atomic E-state index is -0.774. The third-order valence-electron chi connectivity index (χ3n) is 12.4. The molecule has 0 amide bonds. The lowest BCUT2D eigenvalue weighted by molar-refractivity contribution is -0.167. The highest BCUT2D eigenvalue weighted by atomic mass is 16.6. The summed E-state index contributed by atoms with van der Waals surface area (Å²) in [5.41, 5.74) is 0. The average Bonchev–Trinajstić information content (AvgIpc) is 3.34. The molecule has 0 aromatic rings. The molecular weight excluding hydrogens is 841 g/mol. The van der Waals surface area contributed by atoms with Crippen molar-refractivity contribution < 1.29 is 28.6 Å². The van der Waals surface area contributed by atoms with Gasteiger partial charge in [-0.15, -0.1) is 0 Å². The molecule has 6 nitrogen and oxygen atoms in total. The first-order valence-corrected chi connectivity index (χ1v) is 28.9. The van der Waals surface area contributed by atoms with Gasteiger partial charge in [0.1, 0.15) is 13.2 Å². The van der Waals surface area contributed by atoms with Crippen molar-refractivity contribution in [2.75, 3.05) is 13.2 Å². The van der Waals surface area contributed by atoms with Crippen molar-refractivity contribution in [2.24, 2.45) is 0 Å². The maximum Gasteiger partial charge on any atom is 0.306 e. The van der Waals surface area contributed by atoms with Crippen LogP contribution < -0.4 is 0 Å². The molecule has 0 fully saturated rings. The molecule has 1 unspecified atom stereocenters. The normalized spacial score (nSPS) is 12.6. The Hall–Kier alpha value is -3.15. The van der Waals surface area contributed by atoms with Crippen LogP contribution in [-0.2, 0) is 28.6 Å². The number of allylic oxidation sites excluding steroid dienone is 12. The summed E-state index contributed by atoms with van der Waals surface area (Å²) in [7, 11) is 0. The predicted molar refractivity (Wildman–Crippen MR) is 293 cm³/mol. The highest BCUT2D eigenvalue weighted by Crippen LogP contribution is 2.16. The van der Waals surface area contributed by atoms with Gasteiger partial charge in [0.25, 0.3) is 0 Å². The van der Waals surface area contributed by atoms with E-state index in [4.69, 9.17) is 14.2 Å². The molecule has 6 heteroatoms. The second-order valence-corrected chi connectivity index (χ2v) is 19.2. The molecule has 0 aromatic heterocycles. The fourth-order valence-corrected chi connectivity index (χ4v) is 8.11. The average molecular weight is 950 g/mol. The summed E-state index contributed by atoms with van der Waals surface area (Å²) in [4.78, 5) is 37.8. The fraction of sp³-hybridized carbons (Fsp3) is 0.758. The molecule has 0 bridgehead atoms. The first kappa shape index (κ1) is 64.8. The number of hydrogen-bond acceptors (Lipinski definition) is 6. The quantitative estimate of drug-likeness (QED) is 0.0262. The zero-order valence-corrected chi connectivity index (χ0v) is 44.9. The van der Waals surface area contributed by atoms with E-state index in [0.29, 0.717) is 19.3 Å². The second-order valence-electron chi connectivity index (χ2n) is 19.2. The molecule has 0 heterocycles. The number of unbranched alkanes of at least 4 members (excludes halogenated alkanes) is 29. The van der Waals surface area contributed by atoms with Crippen molar-refractivity contribution in [1.29, 1.82) is 0 Å². The molecular formula is C62H108O6. The molecule has 0 aromatic carbocycles. The van der Waals surface area contributed by atoms with Gasteiger partial charge >= 0.3 is 17.9 Å². The number of carbonyl (C=O) groups is 3. The van der Waals surface area contributed by atoms with Crippen molar-refractivity contribution in [3.63, 3.8) is 0 Å². The van der Waals surface area contributed by atoms with Crippen molar-refractivity contribution >= 4 is 17.9 Å². The molecule has 0 aliphatic carbocycles. The lowest BCUT2D eigenvalue weighted by Gasteiger charge is -2.18. The molecule has 0 saturated carbocycles. The van der Waals surface area contributed by atoms with Crippen LogP contribution in [0.15, 0.2) is 72.9 Å². The SMILES string of the molecule is CC/C=C\C/C=C\C/C=C\C/C=C\C/C=C\CCCCCCCCCCCCCCCC(=O)OCC(COC(=O)CCCCCCC)OC(=O)CCCCCCC/C=C\CCCCCCCCC. The van der Waals surface area contributed by atoms with Gasteiger partial charge in [-0.1, -0.05) is 248 Å². The summed E-state index contributed by atoms with van der Waals surface area (Å²) in [5.74, 6) is -0.894. The first-order valence-electron chi connectivity index (χ1n) is 28.9. The van der Waals surface area contributed by atoms with Gasteiger partial charge in [-0.3, -0.25) is 14.4 Å². The monoisotopic (exact) mass is 949 g/mol. The largest absolute Gasteiger partial charge is 0.462 e. The summed E-state index contributed by atoms with van der Waals surface area (Å²) >= 11 is 0. The maximum atomic E-state index is 12.8. The van der Waals surface area contributed by atoms with E-state index in [1.807, 2.05) is 0 Å². The van der Waals surface area contributed by atoms with Gasteiger partial charge in [-0.05, 0) is 89.9 Å². The number of rotatable bonds is 52. The van der Waals surface area contributed by atoms with Crippen LogP contribution in [0.25, 0.3) is 0 Å². The minimum absolute atomic E-state index is 0.0774. The van der Waals surface area contributed by atoms with Crippen LogP contribution in [0.5, 0.6) is 0 Å². The third-order valence-corrected chi connectivity index (χ3v) is 12.4. The molecule has 1 atom stereocenters. The van der Waals surface area contributed by atoms with Crippen LogP contribution in [0.1, 0.15) is 284 Å². The lowest BCUT2D eigenvalue weighted by Crippen LogP contribution is -2.30. The standard InChI is InChI=1S/C62H108O6/c1-4-7-10-13-15-17-19-21-23-25-26-27-28-29-30-31-32-33-34-35-36-37-39-40-42-44-46-49-52-55-61(64)67-58-59(57-66-60(63)54-51-48-12-9-6-3)68-62(65)56-53-50-47-45-43-41-38-24-22-20-18-16-14-11-8-5-2/h7,10,15,17,21,23-24,26-27,29-30,38,59H,4-6,8-9,11-14,16,18-20,22,25,28,31-37,39-58H2,1-3H3/b10-7-,17-15-,23-21-,27-26-,30-29-,38-24-. The van der Waals surface area contributed by atoms with Crippen LogP contribution in [-0.4, -0.2) is 37.2 Å². The molecule has 0 saturated heterocycles. The number of hydrogen-bond donors (Lipinski definition) is 0. The molecule has 0 rings (SSSR count). The van der Waals surface area contributed by atoms with E-state index in [-0.39, 0.29) is 31.1 Å². The molecule has 392 valence electrons. The number of ether oxygens (including phenoxy) is 3. The summed E-state index contributed by atoms with van der Waals surface area (Å²) in [6, 6.07) is 0. The van der Waals surface area contributed by atoms with E-state index in [9.17, 15) is 14.4 Å². The van der Waals surface area contributed by atoms with Gasteiger partial charge in [0.05, 0.1) is 0 Å². The van der Waals surface area contributed by atoms with Gasteiger partial charge in [0.2, 0.25) is 0 Å². The van der Waals surface area contributed by atoms with Gasteiger partial charge in [0, 0.05) is 19.3 Å². The molecule has 0 aliphatic heterocycles. The van der Waals surface area contributed by atoms with Gasteiger partial charge in [0.15, 0.2) is 6.10 Å².